The molecule has 10 nitrogen and oxygen atoms in total. The van der Waals surface area contributed by atoms with Crippen molar-refractivity contribution in [3.8, 4) is 0 Å². The number of benzene rings is 1. The number of unbranched alkanes of at least 4 members (excludes halogenated alkanes) is 1. The van der Waals surface area contributed by atoms with E-state index in [2.05, 4.69) is 53.7 Å². The first-order valence-corrected chi connectivity index (χ1v) is 17.1. The van der Waals surface area contributed by atoms with Crippen LogP contribution in [0.15, 0.2) is 28.4 Å². The topological polar surface area (TPSA) is 86.3 Å². The van der Waals surface area contributed by atoms with E-state index in [9.17, 15) is 4.79 Å². The normalized spacial score (nSPS) is 11.8. The van der Waals surface area contributed by atoms with Crippen molar-refractivity contribution in [3.05, 3.63) is 45.6 Å². The van der Waals surface area contributed by atoms with E-state index in [1.54, 1.807) is 6.92 Å². The fraction of sp³-hybridized carbons (Fsp3) is 0.647. The number of thiophene rings is 1. The van der Waals surface area contributed by atoms with Crippen LogP contribution in [0.4, 0.5) is 22.1 Å². The van der Waals surface area contributed by atoms with Crippen LogP contribution in [0, 0.1) is 20.4 Å². The summed E-state index contributed by atoms with van der Waals surface area (Å²) in [6.07, 6.45) is 3.27. The number of ether oxygens (including phenoxy) is 4. The smallest absolute Gasteiger partial charge is 0.228 e. The summed E-state index contributed by atoms with van der Waals surface area (Å²) in [5.74, 6) is 0. The quantitative estimate of drug-likeness (QED) is 0.0362. The highest BCUT2D eigenvalue weighted by Gasteiger charge is 2.22. The first-order chi connectivity index (χ1) is 21.9. The highest BCUT2D eigenvalue weighted by Crippen LogP contribution is 2.42. The van der Waals surface area contributed by atoms with Gasteiger partial charge >= 0.3 is 0 Å². The molecule has 0 spiro atoms. The van der Waals surface area contributed by atoms with Gasteiger partial charge in [-0.1, -0.05) is 13.3 Å². The van der Waals surface area contributed by atoms with Gasteiger partial charge in [-0.05, 0) is 70.4 Å². The van der Waals surface area contributed by atoms with Crippen molar-refractivity contribution in [1.82, 2.24) is 0 Å². The maximum Gasteiger partial charge on any atom is 0.228 e. The molecular weight excluding hydrogens is 590 g/mol. The zero-order valence-corrected chi connectivity index (χ0v) is 29.1. The molecule has 1 heterocycles. The van der Waals surface area contributed by atoms with Gasteiger partial charge in [0.15, 0.2) is 6.29 Å². The van der Waals surface area contributed by atoms with E-state index in [1.807, 2.05) is 19.1 Å². The number of aldehydes is 1. The number of hydrogen-bond acceptors (Lipinski definition) is 9. The number of nitrogens with zero attached hydrogens (tertiary/aromatic N) is 5. The van der Waals surface area contributed by atoms with Gasteiger partial charge in [-0.15, -0.1) is 11.3 Å². The average Bonchev–Trinajstić information content (AvgIpc) is 3.37. The van der Waals surface area contributed by atoms with Crippen LogP contribution < -0.4 is 4.90 Å². The Morgan fingerprint density at radius 2 is 1.51 bits per heavy atom. The first-order valence-electron chi connectivity index (χ1n) is 16.3. The molecule has 11 heteroatoms. The standard InChI is InChI=1S/C34H54N5O5S/c1-8-12-16-39(10-3,11-4)17-19-42-21-23-44-25-24-43-22-20-41-18-15-38(9-2)30-13-14-31(28(5)26-30)36-37-34-33(35-7)29(6)32(27-40)45-34/h13-14,26-27H,8-12,15-25H2,1-6H3/q+1/b37-36+. The van der Waals surface area contributed by atoms with Crippen LogP contribution >= 0.6 is 11.3 Å². The molecule has 0 unspecified atom stereocenters. The number of hydrogen-bond donors (Lipinski definition) is 0. The molecule has 1 aromatic heterocycles. The lowest BCUT2D eigenvalue weighted by atomic mass is 10.1. The highest BCUT2D eigenvalue weighted by molar-refractivity contribution is 7.18. The predicted octanol–water partition coefficient (Wildman–Crippen LogP) is 7.69. The van der Waals surface area contributed by atoms with Crippen molar-refractivity contribution in [2.75, 3.05) is 97.0 Å². The Balaban J connectivity index is 1.60. The second kappa shape index (κ2) is 21.9. The largest absolute Gasteiger partial charge is 0.377 e. The van der Waals surface area contributed by atoms with Gasteiger partial charge in [0, 0.05) is 18.8 Å². The van der Waals surface area contributed by atoms with Crippen LogP contribution in [0.25, 0.3) is 4.85 Å². The van der Waals surface area contributed by atoms with Crippen LogP contribution in [0.3, 0.4) is 0 Å². The molecule has 2 aromatic rings. The molecule has 250 valence electrons. The minimum absolute atomic E-state index is 0.384. The SMILES string of the molecule is [C-]#[N+]c1c(/N=N/c2ccc(N(CC)CCOCCOCCOCCOCC[N+](CC)(CC)CCCC)cc2C)sc(C=O)c1C. The fourth-order valence-corrected chi connectivity index (χ4v) is 5.88. The van der Waals surface area contributed by atoms with Gasteiger partial charge in [-0.2, -0.15) is 10.2 Å². The molecule has 0 radical (unpaired) electrons. The summed E-state index contributed by atoms with van der Waals surface area (Å²) in [6, 6.07) is 6.02. The van der Waals surface area contributed by atoms with Crippen LogP contribution in [0.5, 0.6) is 0 Å². The molecule has 0 saturated heterocycles. The Labute approximate surface area is 274 Å². The van der Waals surface area contributed by atoms with Crippen molar-refractivity contribution in [2.24, 2.45) is 10.2 Å². The molecular formula is C34H54N5O5S+. The molecule has 0 N–H and O–H groups in total. The minimum Gasteiger partial charge on any atom is -0.377 e. The summed E-state index contributed by atoms with van der Waals surface area (Å²) in [5, 5.41) is 9.10. The van der Waals surface area contributed by atoms with Gasteiger partial charge in [0.2, 0.25) is 5.69 Å². The van der Waals surface area contributed by atoms with Crippen molar-refractivity contribution in [1.29, 1.82) is 0 Å². The maximum atomic E-state index is 11.2. The molecule has 1 aromatic carbocycles. The molecule has 0 aliphatic heterocycles. The molecule has 0 amide bonds. The monoisotopic (exact) mass is 644 g/mol. The third kappa shape index (κ3) is 12.9. The Morgan fingerprint density at radius 1 is 0.889 bits per heavy atom. The second-order valence-corrected chi connectivity index (χ2v) is 12.0. The molecule has 0 bridgehead atoms. The number of azo groups is 1. The number of likely N-dealkylation sites (N-methyl/N-ethyl adjacent to an activating group) is 2. The van der Waals surface area contributed by atoms with Crippen LogP contribution in [-0.2, 0) is 18.9 Å². The lowest BCUT2D eigenvalue weighted by Crippen LogP contribution is -2.50. The number of aryl methyl sites for hydroxylation is 1. The first kappa shape index (κ1) is 38.5. The van der Waals surface area contributed by atoms with Crippen molar-refractivity contribution in [2.45, 2.75) is 54.4 Å². The third-order valence-corrected chi connectivity index (χ3v) is 9.28. The lowest BCUT2D eigenvalue weighted by molar-refractivity contribution is -0.925. The zero-order chi connectivity index (χ0) is 32.9. The van der Waals surface area contributed by atoms with E-state index < -0.39 is 0 Å². The van der Waals surface area contributed by atoms with Gasteiger partial charge in [0.1, 0.15) is 11.5 Å². The summed E-state index contributed by atoms with van der Waals surface area (Å²) in [5.41, 5.74) is 3.82. The number of rotatable bonds is 25. The van der Waals surface area contributed by atoms with Gasteiger partial charge in [0.05, 0.1) is 89.6 Å². The summed E-state index contributed by atoms with van der Waals surface area (Å²) in [7, 11) is 0. The molecule has 0 atom stereocenters. The third-order valence-electron chi connectivity index (χ3n) is 8.19. The summed E-state index contributed by atoms with van der Waals surface area (Å²) in [4.78, 5) is 17.5. The zero-order valence-electron chi connectivity index (χ0n) is 28.3. The van der Waals surface area contributed by atoms with E-state index in [0.29, 0.717) is 67.4 Å². The summed E-state index contributed by atoms with van der Waals surface area (Å²) >= 11 is 1.19. The Hall–Kier alpha value is -2.72. The number of anilines is 1. The lowest BCUT2D eigenvalue weighted by Gasteiger charge is -2.36. The molecule has 0 saturated carbocycles. The molecule has 45 heavy (non-hydrogen) atoms. The fourth-order valence-electron chi connectivity index (χ4n) is 4.99. The van der Waals surface area contributed by atoms with Gasteiger partial charge < -0.3 is 28.3 Å². The predicted molar refractivity (Wildman–Crippen MR) is 183 cm³/mol. The van der Waals surface area contributed by atoms with E-state index in [-0.39, 0.29) is 0 Å². The Morgan fingerprint density at radius 3 is 2.04 bits per heavy atom. The molecule has 0 aliphatic rings. The molecule has 0 fully saturated rings. The van der Waals surface area contributed by atoms with Gasteiger partial charge in [0.25, 0.3) is 0 Å². The summed E-state index contributed by atoms with van der Waals surface area (Å²) in [6.45, 7) is 31.0. The van der Waals surface area contributed by atoms with Crippen LogP contribution in [-0.4, -0.2) is 103 Å². The van der Waals surface area contributed by atoms with Gasteiger partial charge in [-0.3, -0.25) is 4.79 Å². The van der Waals surface area contributed by atoms with E-state index in [4.69, 9.17) is 25.5 Å². The number of carbonyl (C=O) groups is 1. The minimum atomic E-state index is 0.384. The number of carbonyl (C=O) groups excluding carboxylic acids is 1. The van der Waals surface area contributed by atoms with Crippen molar-refractivity contribution >= 4 is 39.7 Å². The Kier molecular flexibility index (Phi) is 18.7. The van der Waals surface area contributed by atoms with Crippen LogP contribution in [0.1, 0.15) is 61.3 Å². The van der Waals surface area contributed by atoms with Crippen molar-refractivity contribution < 1.29 is 28.2 Å². The van der Waals surface area contributed by atoms with E-state index in [1.165, 1.54) is 30.7 Å². The summed E-state index contributed by atoms with van der Waals surface area (Å²) < 4.78 is 24.1. The molecule has 2 rings (SSSR count). The van der Waals surface area contributed by atoms with Gasteiger partial charge in [-0.25, -0.2) is 4.85 Å². The van der Waals surface area contributed by atoms with E-state index in [0.717, 1.165) is 67.0 Å². The maximum absolute atomic E-state index is 11.2. The van der Waals surface area contributed by atoms with E-state index >= 15 is 0 Å². The average molecular weight is 645 g/mol. The van der Waals surface area contributed by atoms with Crippen molar-refractivity contribution in [3.63, 3.8) is 0 Å². The highest BCUT2D eigenvalue weighted by atomic mass is 32.1. The van der Waals surface area contributed by atoms with Crippen LogP contribution in [0.2, 0.25) is 0 Å². The molecule has 0 aliphatic carbocycles. The Bertz CT molecular complexity index is 1210. The second-order valence-electron chi connectivity index (χ2n) is 10.9. The number of quaternary nitrogens is 1.